The van der Waals surface area contributed by atoms with E-state index >= 15 is 0 Å². The second-order valence-electron chi connectivity index (χ2n) is 4.15. The Bertz CT molecular complexity index is 396. The number of carbonyl (C=O) groups is 1. The van der Waals surface area contributed by atoms with E-state index in [9.17, 15) is 0 Å². The molecule has 2 rings (SSSR count). The summed E-state index contributed by atoms with van der Waals surface area (Å²) in [5.74, 6) is 0. The summed E-state index contributed by atoms with van der Waals surface area (Å²) in [6.07, 6.45) is 1.03. The van der Waals surface area contributed by atoms with Gasteiger partial charge in [-0.15, -0.1) is 0 Å². The Kier molecular flexibility index (Phi) is 5.15. The number of benzene rings is 2. The molecule has 0 aliphatic carbocycles. The van der Waals surface area contributed by atoms with Gasteiger partial charge in [-0.05, 0) is 31.4 Å². The Balaban J connectivity index is 0.000000686. The highest BCUT2D eigenvalue weighted by atomic mass is 16.1. The maximum Gasteiger partial charge on any atom is 0.106 e. The number of hydrogen-bond donors (Lipinski definition) is 0. The van der Waals surface area contributed by atoms with E-state index in [1.807, 2.05) is 6.79 Å². The van der Waals surface area contributed by atoms with Gasteiger partial charge in [0, 0.05) is 0 Å². The molecule has 0 saturated carbocycles. The van der Waals surface area contributed by atoms with Crippen LogP contribution in [0.1, 0.15) is 22.3 Å². The molecule has 0 spiro atoms. The van der Waals surface area contributed by atoms with Crippen LogP contribution in [-0.2, 0) is 11.2 Å². The summed E-state index contributed by atoms with van der Waals surface area (Å²) < 4.78 is 0. The summed E-state index contributed by atoms with van der Waals surface area (Å²) in [4.78, 5) is 8.00. The lowest BCUT2D eigenvalue weighted by Crippen LogP contribution is -1.88. The molecule has 0 fully saturated rings. The van der Waals surface area contributed by atoms with E-state index < -0.39 is 0 Å². The van der Waals surface area contributed by atoms with Crippen molar-refractivity contribution >= 4 is 6.79 Å². The fourth-order valence-corrected chi connectivity index (χ4v) is 1.65. The third kappa shape index (κ3) is 4.23. The van der Waals surface area contributed by atoms with Crippen molar-refractivity contribution < 1.29 is 4.79 Å². The standard InChI is InChI=1S/C15H16.CH2O/c1-12-3-7-14(8-4-12)11-15-9-5-13(2)6-10-15;1-2/h3-10H,11H2,1-2H3;1H2. The Hall–Kier alpha value is -1.89. The van der Waals surface area contributed by atoms with Crippen molar-refractivity contribution in [3.05, 3.63) is 70.8 Å². The molecule has 0 saturated heterocycles. The van der Waals surface area contributed by atoms with Gasteiger partial charge >= 0.3 is 0 Å². The van der Waals surface area contributed by atoms with Crippen LogP contribution in [0.4, 0.5) is 0 Å². The van der Waals surface area contributed by atoms with Crippen molar-refractivity contribution in [3.63, 3.8) is 0 Å². The van der Waals surface area contributed by atoms with Crippen molar-refractivity contribution in [3.8, 4) is 0 Å². The Morgan fingerprint density at radius 2 is 1.00 bits per heavy atom. The van der Waals surface area contributed by atoms with Gasteiger partial charge in [0.2, 0.25) is 0 Å². The van der Waals surface area contributed by atoms with Crippen molar-refractivity contribution in [2.45, 2.75) is 20.3 Å². The van der Waals surface area contributed by atoms with Crippen LogP contribution in [0, 0.1) is 13.8 Å². The van der Waals surface area contributed by atoms with Crippen LogP contribution in [0.3, 0.4) is 0 Å². The van der Waals surface area contributed by atoms with Gasteiger partial charge in [-0.25, -0.2) is 0 Å². The van der Waals surface area contributed by atoms with Gasteiger partial charge < -0.3 is 4.79 Å². The second kappa shape index (κ2) is 6.64. The van der Waals surface area contributed by atoms with Gasteiger partial charge in [-0.2, -0.15) is 0 Å². The normalized spacial score (nSPS) is 9.29. The number of hydrogen-bond acceptors (Lipinski definition) is 1. The predicted octanol–water partition coefficient (Wildman–Crippen LogP) is 3.71. The highest BCUT2D eigenvalue weighted by Gasteiger charge is 1.95. The molecule has 0 aromatic heterocycles. The molecule has 0 amide bonds. The van der Waals surface area contributed by atoms with E-state index in [1.165, 1.54) is 22.3 Å². The van der Waals surface area contributed by atoms with Crippen molar-refractivity contribution in [2.75, 3.05) is 0 Å². The van der Waals surface area contributed by atoms with E-state index in [0.29, 0.717) is 0 Å². The van der Waals surface area contributed by atoms with Crippen molar-refractivity contribution in [1.29, 1.82) is 0 Å². The van der Waals surface area contributed by atoms with Crippen LogP contribution in [0.2, 0.25) is 0 Å². The largest absolute Gasteiger partial charge is 0.307 e. The van der Waals surface area contributed by atoms with Crippen molar-refractivity contribution in [1.82, 2.24) is 0 Å². The molecule has 0 aliphatic rings. The van der Waals surface area contributed by atoms with Crippen LogP contribution in [0.15, 0.2) is 48.5 Å². The van der Waals surface area contributed by atoms with E-state index in [-0.39, 0.29) is 0 Å². The van der Waals surface area contributed by atoms with Crippen LogP contribution < -0.4 is 0 Å². The van der Waals surface area contributed by atoms with E-state index in [1.54, 1.807) is 0 Å². The third-order valence-electron chi connectivity index (χ3n) is 2.65. The van der Waals surface area contributed by atoms with E-state index in [4.69, 9.17) is 4.79 Å². The SMILES string of the molecule is C=O.Cc1ccc(Cc2ccc(C)cc2)cc1. The predicted molar refractivity (Wildman–Crippen MR) is 72.3 cm³/mol. The quantitative estimate of drug-likeness (QED) is 0.763. The number of rotatable bonds is 2. The number of carbonyl (C=O) groups excluding carboxylic acids is 1. The molecular formula is C16H18O. The minimum Gasteiger partial charge on any atom is -0.307 e. The Morgan fingerprint density at radius 3 is 1.29 bits per heavy atom. The van der Waals surface area contributed by atoms with Gasteiger partial charge in [-0.3, -0.25) is 0 Å². The van der Waals surface area contributed by atoms with E-state index in [0.717, 1.165) is 6.42 Å². The van der Waals surface area contributed by atoms with Crippen molar-refractivity contribution in [2.24, 2.45) is 0 Å². The molecule has 0 heterocycles. The lowest BCUT2D eigenvalue weighted by Gasteiger charge is -2.03. The summed E-state index contributed by atoms with van der Waals surface area (Å²) in [6.45, 7) is 6.24. The van der Waals surface area contributed by atoms with Crippen LogP contribution in [0.5, 0.6) is 0 Å². The minimum atomic E-state index is 1.03. The first-order valence-electron chi connectivity index (χ1n) is 5.64. The molecule has 1 heteroatoms. The topological polar surface area (TPSA) is 17.1 Å². The Labute approximate surface area is 103 Å². The molecule has 2 aromatic rings. The molecule has 88 valence electrons. The van der Waals surface area contributed by atoms with Crippen LogP contribution in [-0.4, -0.2) is 6.79 Å². The molecule has 0 bridgehead atoms. The lowest BCUT2D eigenvalue weighted by molar-refractivity contribution is -0.0979. The number of aryl methyl sites for hydroxylation is 2. The summed E-state index contributed by atoms with van der Waals surface area (Å²) in [6, 6.07) is 17.5. The molecule has 0 atom stereocenters. The maximum atomic E-state index is 8.00. The molecular weight excluding hydrogens is 208 g/mol. The fraction of sp³-hybridized carbons (Fsp3) is 0.188. The smallest absolute Gasteiger partial charge is 0.106 e. The summed E-state index contributed by atoms with van der Waals surface area (Å²) >= 11 is 0. The summed E-state index contributed by atoms with van der Waals surface area (Å²) in [7, 11) is 0. The first-order valence-corrected chi connectivity index (χ1v) is 5.64. The molecule has 2 aromatic carbocycles. The van der Waals surface area contributed by atoms with Gasteiger partial charge in [0.1, 0.15) is 6.79 Å². The average Bonchev–Trinajstić information content (AvgIpc) is 2.37. The maximum absolute atomic E-state index is 8.00. The highest BCUT2D eigenvalue weighted by molar-refractivity contribution is 5.29. The highest BCUT2D eigenvalue weighted by Crippen LogP contribution is 2.11. The molecule has 0 unspecified atom stereocenters. The van der Waals surface area contributed by atoms with Crippen LogP contribution >= 0.6 is 0 Å². The van der Waals surface area contributed by atoms with Gasteiger partial charge in [-0.1, -0.05) is 59.7 Å². The Morgan fingerprint density at radius 1 is 0.706 bits per heavy atom. The zero-order valence-corrected chi connectivity index (χ0v) is 10.4. The third-order valence-corrected chi connectivity index (χ3v) is 2.65. The molecule has 1 nitrogen and oxygen atoms in total. The molecule has 17 heavy (non-hydrogen) atoms. The molecule has 0 aliphatic heterocycles. The lowest BCUT2D eigenvalue weighted by atomic mass is 10.0. The monoisotopic (exact) mass is 226 g/mol. The molecule has 0 radical (unpaired) electrons. The van der Waals surface area contributed by atoms with Gasteiger partial charge in [0.15, 0.2) is 0 Å². The minimum absolute atomic E-state index is 1.03. The second-order valence-corrected chi connectivity index (χ2v) is 4.15. The van der Waals surface area contributed by atoms with Gasteiger partial charge in [0.05, 0.1) is 0 Å². The first-order chi connectivity index (χ1) is 8.24. The summed E-state index contributed by atoms with van der Waals surface area (Å²) in [5.41, 5.74) is 5.40. The average molecular weight is 226 g/mol. The molecule has 0 N–H and O–H groups in total. The van der Waals surface area contributed by atoms with Crippen LogP contribution in [0.25, 0.3) is 0 Å². The van der Waals surface area contributed by atoms with Gasteiger partial charge in [0.25, 0.3) is 0 Å². The van der Waals surface area contributed by atoms with E-state index in [2.05, 4.69) is 62.4 Å². The zero-order valence-electron chi connectivity index (χ0n) is 10.4. The fourth-order valence-electron chi connectivity index (χ4n) is 1.65. The zero-order chi connectivity index (χ0) is 12.7. The first kappa shape index (κ1) is 13.2. The summed E-state index contributed by atoms with van der Waals surface area (Å²) in [5, 5.41) is 0.